The van der Waals surface area contributed by atoms with Crippen molar-refractivity contribution in [3.8, 4) is 0 Å². The topological polar surface area (TPSA) is 85.2 Å². The number of nitrogens with one attached hydrogen (secondary N) is 2. The van der Waals surface area contributed by atoms with Crippen LogP contribution in [0.5, 0.6) is 0 Å². The average molecular weight is 421 g/mol. The normalized spacial score (nSPS) is 15.9. The zero-order chi connectivity index (χ0) is 21.8. The highest BCUT2D eigenvalue weighted by Crippen LogP contribution is 2.21. The molecule has 2 heterocycles. The summed E-state index contributed by atoms with van der Waals surface area (Å²) in [6.45, 7) is 5.21. The fourth-order valence-corrected chi connectivity index (χ4v) is 4.02. The molecular formula is C24H28N4O3. The number of anilines is 1. The predicted molar refractivity (Wildman–Crippen MR) is 120 cm³/mol. The van der Waals surface area contributed by atoms with Crippen molar-refractivity contribution in [2.24, 2.45) is 0 Å². The van der Waals surface area contributed by atoms with Crippen molar-refractivity contribution in [2.75, 3.05) is 18.5 Å². The Hall–Kier alpha value is -3.19. The molecule has 31 heavy (non-hydrogen) atoms. The molecule has 0 radical (unpaired) electrons. The Bertz CT molecular complexity index is 1080. The number of fused-ring (bicyclic) bond motifs is 1. The van der Waals surface area contributed by atoms with Gasteiger partial charge in [0, 0.05) is 25.3 Å². The number of ether oxygens (including phenoxy) is 1. The van der Waals surface area contributed by atoms with Gasteiger partial charge in [0.2, 0.25) is 11.8 Å². The van der Waals surface area contributed by atoms with Crippen LogP contribution >= 0.6 is 0 Å². The highest BCUT2D eigenvalue weighted by atomic mass is 16.5. The molecule has 7 nitrogen and oxygen atoms in total. The summed E-state index contributed by atoms with van der Waals surface area (Å²) >= 11 is 0. The SMILES string of the molecule is Cc1cccc(C)c1NC(=O)Cn1c(CCNC(=O)C2CCCO2)nc2ccccc21. The summed E-state index contributed by atoms with van der Waals surface area (Å²) in [7, 11) is 0. The molecule has 162 valence electrons. The lowest BCUT2D eigenvalue weighted by atomic mass is 10.1. The largest absolute Gasteiger partial charge is 0.368 e. The van der Waals surface area contributed by atoms with Crippen LogP contribution in [0.1, 0.15) is 29.8 Å². The van der Waals surface area contributed by atoms with Gasteiger partial charge in [-0.2, -0.15) is 0 Å². The monoisotopic (exact) mass is 420 g/mol. The quantitative estimate of drug-likeness (QED) is 0.615. The summed E-state index contributed by atoms with van der Waals surface area (Å²) in [4.78, 5) is 29.8. The van der Waals surface area contributed by atoms with E-state index in [1.807, 2.05) is 60.9 Å². The molecule has 0 bridgehead atoms. The molecule has 1 saturated heterocycles. The van der Waals surface area contributed by atoms with Crippen LogP contribution in [0.25, 0.3) is 11.0 Å². The van der Waals surface area contributed by atoms with Crippen molar-refractivity contribution >= 4 is 28.5 Å². The first-order chi connectivity index (χ1) is 15.0. The number of hydrogen-bond donors (Lipinski definition) is 2. The van der Waals surface area contributed by atoms with Crippen molar-refractivity contribution in [3.05, 3.63) is 59.4 Å². The Labute approximate surface area is 181 Å². The number of carbonyl (C=O) groups excluding carboxylic acids is 2. The van der Waals surface area contributed by atoms with Gasteiger partial charge in [-0.1, -0.05) is 30.3 Å². The van der Waals surface area contributed by atoms with Crippen LogP contribution in [0.4, 0.5) is 5.69 Å². The van der Waals surface area contributed by atoms with E-state index in [-0.39, 0.29) is 24.5 Å². The molecule has 4 rings (SSSR count). The molecular weight excluding hydrogens is 392 g/mol. The van der Waals surface area contributed by atoms with E-state index in [4.69, 9.17) is 9.72 Å². The number of para-hydroxylation sites is 3. The van der Waals surface area contributed by atoms with Crippen molar-refractivity contribution in [2.45, 2.75) is 45.8 Å². The molecule has 1 aromatic heterocycles. The Kier molecular flexibility index (Phi) is 6.32. The highest BCUT2D eigenvalue weighted by molar-refractivity contribution is 5.93. The Morgan fingerprint density at radius 1 is 1.13 bits per heavy atom. The first-order valence-electron chi connectivity index (χ1n) is 10.7. The maximum absolute atomic E-state index is 12.9. The predicted octanol–water partition coefficient (Wildman–Crippen LogP) is 3.13. The standard InChI is InChI=1S/C24H28N4O3/c1-16-7-5-8-17(2)23(16)27-22(29)15-28-19-10-4-3-9-18(19)26-21(28)12-13-25-24(30)20-11-6-14-31-20/h3-5,7-10,20H,6,11-15H2,1-2H3,(H,25,30)(H,27,29). The lowest BCUT2D eigenvalue weighted by molar-refractivity contribution is -0.130. The summed E-state index contributed by atoms with van der Waals surface area (Å²) in [6, 6.07) is 13.7. The Balaban J connectivity index is 1.48. The van der Waals surface area contributed by atoms with Crippen molar-refractivity contribution in [1.82, 2.24) is 14.9 Å². The second-order valence-electron chi connectivity index (χ2n) is 7.96. The third-order valence-corrected chi connectivity index (χ3v) is 5.65. The summed E-state index contributed by atoms with van der Waals surface area (Å²) in [6.07, 6.45) is 1.87. The Morgan fingerprint density at radius 2 is 1.90 bits per heavy atom. The second kappa shape index (κ2) is 9.31. The van der Waals surface area contributed by atoms with Gasteiger partial charge in [-0.3, -0.25) is 9.59 Å². The van der Waals surface area contributed by atoms with Gasteiger partial charge in [0.15, 0.2) is 0 Å². The van der Waals surface area contributed by atoms with Crippen LogP contribution < -0.4 is 10.6 Å². The lowest BCUT2D eigenvalue weighted by Gasteiger charge is -2.14. The molecule has 1 fully saturated rings. The maximum Gasteiger partial charge on any atom is 0.249 e. The minimum atomic E-state index is -0.345. The minimum Gasteiger partial charge on any atom is -0.368 e. The first-order valence-corrected chi connectivity index (χ1v) is 10.7. The molecule has 2 amide bonds. The van der Waals surface area contributed by atoms with Gasteiger partial charge < -0.3 is 19.9 Å². The molecule has 0 saturated carbocycles. The minimum absolute atomic E-state index is 0.0760. The van der Waals surface area contributed by atoms with Gasteiger partial charge >= 0.3 is 0 Å². The third-order valence-electron chi connectivity index (χ3n) is 5.65. The molecule has 0 aliphatic carbocycles. The van der Waals surface area contributed by atoms with Crippen LogP contribution in [0, 0.1) is 13.8 Å². The van der Waals surface area contributed by atoms with Gasteiger partial charge in [0.05, 0.1) is 11.0 Å². The zero-order valence-corrected chi connectivity index (χ0v) is 18.0. The number of nitrogens with zero attached hydrogens (tertiary/aromatic N) is 2. The van der Waals surface area contributed by atoms with E-state index in [1.165, 1.54) is 0 Å². The fraction of sp³-hybridized carbons (Fsp3) is 0.375. The summed E-state index contributed by atoms with van der Waals surface area (Å²) in [5.41, 5.74) is 4.64. The van der Waals surface area contributed by atoms with E-state index in [2.05, 4.69) is 10.6 Å². The second-order valence-corrected chi connectivity index (χ2v) is 7.96. The summed E-state index contributed by atoms with van der Waals surface area (Å²) < 4.78 is 7.36. The van der Waals surface area contributed by atoms with Crippen molar-refractivity contribution in [1.29, 1.82) is 0 Å². The number of aromatic nitrogens is 2. The van der Waals surface area contributed by atoms with E-state index < -0.39 is 0 Å². The van der Waals surface area contributed by atoms with E-state index in [0.29, 0.717) is 19.6 Å². The summed E-state index contributed by atoms with van der Waals surface area (Å²) in [5, 5.41) is 5.98. The van der Waals surface area contributed by atoms with E-state index in [9.17, 15) is 9.59 Å². The van der Waals surface area contributed by atoms with Crippen molar-refractivity contribution < 1.29 is 14.3 Å². The molecule has 2 aromatic carbocycles. The molecule has 1 unspecified atom stereocenters. The van der Waals surface area contributed by atoms with Crippen LogP contribution in [0.3, 0.4) is 0 Å². The molecule has 3 aromatic rings. The van der Waals surface area contributed by atoms with Gasteiger partial charge in [-0.25, -0.2) is 4.98 Å². The molecule has 2 N–H and O–H groups in total. The van der Waals surface area contributed by atoms with E-state index >= 15 is 0 Å². The van der Waals surface area contributed by atoms with E-state index in [1.54, 1.807) is 0 Å². The van der Waals surface area contributed by atoms with Crippen LogP contribution in [0.15, 0.2) is 42.5 Å². The smallest absolute Gasteiger partial charge is 0.249 e. The number of hydrogen-bond acceptors (Lipinski definition) is 4. The number of aryl methyl sites for hydroxylation is 2. The maximum atomic E-state index is 12.9. The molecule has 1 atom stereocenters. The molecule has 0 spiro atoms. The lowest BCUT2D eigenvalue weighted by Crippen LogP contribution is -2.35. The Morgan fingerprint density at radius 3 is 2.65 bits per heavy atom. The molecule has 7 heteroatoms. The highest BCUT2D eigenvalue weighted by Gasteiger charge is 2.23. The van der Waals surface area contributed by atoms with Gasteiger partial charge in [-0.05, 0) is 49.9 Å². The number of carbonyl (C=O) groups is 2. The van der Waals surface area contributed by atoms with Gasteiger partial charge in [0.25, 0.3) is 0 Å². The van der Waals surface area contributed by atoms with Gasteiger partial charge in [-0.15, -0.1) is 0 Å². The van der Waals surface area contributed by atoms with Crippen molar-refractivity contribution in [3.63, 3.8) is 0 Å². The first kappa shape index (κ1) is 21.1. The molecule has 1 aliphatic heterocycles. The fourth-order valence-electron chi connectivity index (χ4n) is 4.02. The van der Waals surface area contributed by atoms with Gasteiger partial charge in [0.1, 0.15) is 18.5 Å². The van der Waals surface area contributed by atoms with Crippen LogP contribution in [0.2, 0.25) is 0 Å². The third kappa shape index (κ3) is 4.77. The average Bonchev–Trinajstić information content (AvgIpc) is 3.40. The zero-order valence-electron chi connectivity index (χ0n) is 18.0. The number of imidazole rings is 1. The molecule has 1 aliphatic rings. The van der Waals surface area contributed by atoms with Crippen LogP contribution in [-0.2, 0) is 27.3 Å². The van der Waals surface area contributed by atoms with E-state index in [0.717, 1.165) is 46.5 Å². The van der Waals surface area contributed by atoms with Crippen LogP contribution in [-0.4, -0.2) is 40.6 Å². The number of amides is 2. The number of rotatable bonds is 7. The summed E-state index contributed by atoms with van der Waals surface area (Å²) in [5.74, 6) is 0.587. The number of benzene rings is 2.